The van der Waals surface area contributed by atoms with Gasteiger partial charge in [-0.05, 0) is 30.4 Å². The van der Waals surface area contributed by atoms with E-state index in [0.717, 1.165) is 16.6 Å². The first-order valence-corrected chi connectivity index (χ1v) is 9.37. The monoisotopic (exact) mass is 348 g/mol. The summed E-state index contributed by atoms with van der Waals surface area (Å²) in [5.74, 6) is 0.513. The first kappa shape index (κ1) is 17.3. The molecule has 130 valence electrons. The standard InChI is InChI=1S/C18H24N2O3S/c1-11-6-2-3-7-12(11)10-19-17(23)15(21)16(22)18-20-13-8-4-5-9-14(13)24-18/h4-5,8-9,11-12,15-16,21-22H,2-3,6-7,10H2,1H3,(H,19,23)/t11-,12-,15-,16-/m1/s1. The van der Waals surface area contributed by atoms with Gasteiger partial charge in [0, 0.05) is 6.54 Å². The van der Waals surface area contributed by atoms with Crippen LogP contribution in [0.5, 0.6) is 0 Å². The number of nitrogens with one attached hydrogen (secondary N) is 1. The number of rotatable bonds is 5. The second-order valence-corrected chi connectivity index (χ2v) is 7.74. The van der Waals surface area contributed by atoms with Crippen molar-refractivity contribution in [2.45, 2.75) is 44.8 Å². The normalized spacial score (nSPS) is 23.8. The summed E-state index contributed by atoms with van der Waals surface area (Å²) in [7, 11) is 0. The zero-order chi connectivity index (χ0) is 17.1. The van der Waals surface area contributed by atoms with Gasteiger partial charge in [0.2, 0.25) is 0 Å². The molecule has 0 bridgehead atoms. The van der Waals surface area contributed by atoms with Crippen molar-refractivity contribution in [3.05, 3.63) is 29.3 Å². The molecule has 6 heteroatoms. The molecule has 4 atom stereocenters. The molecule has 3 N–H and O–H groups in total. The molecule has 0 aliphatic heterocycles. The van der Waals surface area contributed by atoms with Crippen LogP contribution in [0.2, 0.25) is 0 Å². The first-order valence-electron chi connectivity index (χ1n) is 8.55. The van der Waals surface area contributed by atoms with E-state index in [9.17, 15) is 15.0 Å². The van der Waals surface area contributed by atoms with Crippen LogP contribution in [0.4, 0.5) is 0 Å². The Hall–Kier alpha value is -1.50. The van der Waals surface area contributed by atoms with E-state index in [-0.39, 0.29) is 0 Å². The Bertz CT molecular complexity index is 669. The van der Waals surface area contributed by atoms with Crippen LogP contribution in [0, 0.1) is 11.8 Å². The number of carbonyl (C=O) groups is 1. The molecule has 1 heterocycles. The van der Waals surface area contributed by atoms with Crippen LogP contribution < -0.4 is 5.32 Å². The highest BCUT2D eigenvalue weighted by Crippen LogP contribution is 2.30. The predicted molar refractivity (Wildman–Crippen MR) is 94.7 cm³/mol. The van der Waals surface area contributed by atoms with Gasteiger partial charge in [0.15, 0.2) is 6.10 Å². The van der Waals surface area contributed by atoms with Gasteiger partial charge >= 0.3 is 0 Å². The van der Waals surface area contributed by atoms with Gasteiger partial charge in [-0.3, -0.25) is 4.79 Å². The summed E-state index contributed by atoms with van der Waals surface area (Å²) in [6.45, 7) is 2.77. The smallest absolute Gasteiger partial charge is 0.252 e. The van der Waals surface area contributed by atoms with E-state index >= 15 is 0 Å². The largest absolute Gasteiger partial charge is 0.383 e. The molecule has 1 amide bonds. The third kappa shape index (κ3) is 3.77. The molecular weight excluding hydrogens is 324 g/mol. The van der Waals surface area contributed by atoms with Gasteiger partial charge in [0.1, 0.15) is 11.1 Å². The molecule has 1 aromatic carbocycles. The van der Waals surface area contributed by atoms with Gasteiger partial charge in [-0.25, -0.2) is 4.98 Å². The molecule has 1 fully saturated rings. The van der Waals surface area contributed by atoms with E-state index in [1.807, 2.05) is 24.3 Å². The molecule has 1 aliphatic carbocycles. The lowest BCUT2D eigenvalue weighted by Crippen LogP contribution is -2.41. The van der Waals surface area contributed by atoms with Gasteiger partial charge in [-0.2, -0.15) is 0 Å². The highest BCUT2D eigenvalue weighted by atomic mass is 32.1. The molecule has 1 aliphatic rings. The Morgan fingerprint density at radius 3 is 2.83 bits per heavy atom. The number of aliphatic hydroxyl groups is 2. The van der Waals surface area contributed by atoms with Crippen LogP contribution in [0.3, 0.4) is 0 Å². The third-order valence-electron chi connectivity index (χ3n) is 4.96. The van der Waals surface area contributed by atoms with E-state index in [2.05, 4.69) is 17.2 Å². The zero-order valence-corrected chi connectivity index (χ0v) is 14.6. The van der Waals surface area contributed by atoms with Crippen molar-refractivity contribution in [1.82, 2.24) is 10.3 Å². The number of para-hydroxylation sites is 1. The Balaban J connectivity index is 1.59. The minimum atomic E-state index is -1.50. The van der Waals surface area contributed by atoms with E-state index in [0.29, 0.717) is 23.4 Å². The lowest BCUT2D eigenvalue weighted by molar-refractivity contribution is -0.135. The lowest BCUT2D eigenvalue weighted by Gasteiger charge is -2.29. The molecule has 0 unspecified atom stereocenters. The van der Waals surface area contributed by atoms with Crippen LogP contribution in [0.1, 0.15) is 43.7 Å². The van der Waals surface area contributed by atoms with Gasteiger partial charge in [-0.15, -0.1) is 11.3 Å². The van der Waals surface area contributed by atoms with Crippen LogP contribution in [-0.2, 0) is 4.79 Å². The second kappa shape index (κ2) is 7.59. The van der Waals surface area contributed by atoms with Crippen molar-refractivity contribution in [2.24, 2.45) is 11.8 Å². The number of carbonyl (C=O) groups excluding carboxylic acids is 1. The van der Waals surface area contributed by atoms with Crippen molar-refractivity contribution in [2.75, 3.05) is 6.54 Å². The molecule has 1 aromatic heterocycles. The maximum atomic E-state index is 12.2. The van der Waals surface area contributed by atoms with Crippen LogP contribution >= 0.6 is 11.3 Å². The van der Waals surface area contributed by atoms with Gasteiger partial charge in [0.25, 0.3) is 5.91 Å². The fourth-order valence-electron chi connectivity index (χ4n) is 3.33. The quantitative estimate of drug-likeness (QED) is 0.776. The third-order valence-corrected chi connectivity index (χ3v) is 6.07. The highest BCUT2D eigenvalue weighted by molar-refractivity contribution is 7.18. The Kier molecular flexibility index (Phi) is 5.48. The van der Waals surface area contributed by atoms with Crippen LogP contribution in [0.25, 0.3) is 10.2 Å². The molecule has 24 heavy (non-hydrogen) atoms. The summed E-state index contributed by atoms with van der Waals surface area (Å²) in [5, 5.41) is 23.6. The van der Waals surface area contributed by atoms with E-state index in [1.165, 1.54) is 30.6 Å². The molecular formula is C18H24N2O3S. The summed E-state index contributed by atoms with van der Waals surface area (Å²) >= 11 is 1.30. The fraction of sp³-hybridized carbons (Fsp3) is 0.556. The van der Waals surface area contributed by atoms with Crippen molar-refractivity contribution in [1.29, 1.82) is 0 Å². The number of hydrogen-bond acceptors (Lipinski definition) is 5. The van der Waals surface area contributed by atoms with Gasteiger partial charge in [-0.1, -0.05) is 38.3 Å². The van der Waals surface area contributed by atoms with Crippen LogP contribution in [-0.4, -0.2) is 33.8 Å². The SMILES string of the molecule is C[C@@H]1CCCC[C@@H]1CNC(=O)[C@H](O)[C@@H](O)c1nc2ccccc2s1. The molecule has 1 saturated carbocycles. The first-order chi connectivity index (χ1) is 11.6. The molecule has 0 saturated heterocycles. The minimum absolute atomic E-state index is 0.366. The topological polar surface area (TPSA) is 82.5 Å². The molecule has 5 nitrogen and oxygen atoms in total. The average Bonchev–Trinajstić information content (AvgIpc) is 3.03. The number of aliphatic hydroxyl groups excluding tert-OH is 2. The van der Waals surface area contributed by atoms with Crippen molar-refractivity contribution < 1.29 is 15.0 Å². The maximum Gasteiger partial charge on any atom is 0.252 e. The van der Waals surface area contributed by atoms with E-state index in [4.69, 9.17) is 0 Å². The molecule has 2 aromatic rings. The molecule has 3 rings (SSSR count). The maximum absolute atomic E-state index is 12.2. The highest BCUT2D eigenvalue weighted by Gasteiger charge is 2.29. The fourth-order valence-corrected chi connectivity index (χ4v) is 4.31. The van der Waals surface area contributed by atoms with Crippen molar-refractivity contribution >= 4 is 27.5 Å². The second-order valence-electron chi connectivity index (χ2n) is 6.68. The lowest BCUT2D eigenvalue weighted by atomic mass is 9.80. The summed E-state index contributed by atoms with van der Waals surface area (Å²) in [6, 6.07) is 7.51. The van der Waals surface area contributed by atoms with Gasteiger partial charge < -0.3 is 15.5 Å². The van der Waals surface area contributed by atoms with E-state index < -0.39 is 18.1 Å². The Labute approximate surface area is 145 Å². The Morgan fingerprint density at radius 2 is 2.08 bits per heavy atom. The molecule has 0 spiro atoms. The summed E-state index contributed by atoms with van der Waals surface area (Å²) in [4.78, 5) is 16.5. The minimum Gasteiger partial charge on any atom is -0.383 e. The number of amides is 1. The number of hydrogen-bond donors (Lipinski definition) is 3. The Morgan fingerprint density at radius 1 is 1.33 bits per heavy atom. The van der Waals surface area contributed by atoms with Crippen molar-refractivity contribution in [3.8, 4) is 0 Å². The number of aromatic nitrogens is 1. The van der Waals surface area contributed by atoms with Gasteiger partial charge in [0.05, 0.1) is 10.2 Å². The summed E-state index contributed by atoms with van der Waals surface area (Å²) in [5.41, 5.74) is 0.764. The number of benzene rings is 1. The summed E-state index contributed by atoms with van der Waals surface area (Å²) < 4.78 is 0.926. The zero-order valence-electron chi connectivity index (χ0n) is 13.8. The number of nitrogens with zero attached hydrogens (tertiary/aromatic N) is 1. The molecule has 0 radical (unpaired) electrons. The predicted octanol–water partition coefficient (Wildman–Crippen LogP) is 2.63. The summed E-state index contributed by atoms with van der Waals surface area (Å²) in [6.07, 6.45) is 1.96. The average molecular weight is 348 g/mol. The number of thiazole rings is 1. The number of fused-ring (bicyclic) bond motifs is 1. The van der Waals surface area contributed by atoms with Crippen LogP contribution in [0.15, 0.2) is 24.3 Å². The van der Waals surface area contributed by atoms with Crippen molar-refractivity contribution in [3.63, 3.8) is 0 Å². The van der Waals surface area contributed by atoms with E-state index in [1.54, 1.807) is 0 Å².